The van der Waals surface area contributed by atoms with Gasteiger partial charge in [-0.25, -0.2) is 0 Å². The predicted molar refractivity (Wildman–Crippen MR) is 81.6 cm³/mol. The van der Waals surface area contributed by atoms with Gasteiger partial charge in [0, 0.05) is 5.69 Å². The third kappa shape index (κ3) is 4.63. The molecule has 0 bridgehead atoms. The van der Waals surface area contributed by atoms with E-state index >= 15 is 0 Å². The highest BCUT2D eigenvalue weighted by Crippen LogP contribution is 2.30. The molecule has 0 unspecified atom stereocenters. The number of alkyl halides is 3. The van der Waals surface area contributed by atoms with Gasteiger partial charge in [0.2, 0.25) is 0 Å². The van der Waals surface area contributed by atoms with Crippen molar-refractivity contribution in [2.75, 3.05) is 5.32 Å². The molecule has 2 rings (SSSR count). The van der Waals surface area contributed by atoms with E-state index in [1.54, 1.807) is 24.3 Å². The summed E-state index contributed by atoms with van der Waals surface area (Å²) < 4.78 is 43.3. The van der Waals surface area contributed by atoms with Crippen molar-refractivity contribution in [2.24, 2.45) is 0 Å². The topological polar surface area (TPSA) is 38.3 Å². The van der Waals surface area contributed by atoms with E-state index in [1.165, 1.54) is 19.1 Å². The third-order valence-electron chi connectivity index (χ3n) is 2.97. The van der Waals surface area contributed by atoms with Gasteiger partial charge in [-0.15, -0.1) is 0 Å². The lowest BCUT2D eigenvalue weighted by atomic mass is 10.2. The van der Waals surface area contributed by atoms with Gasteiger partial charge in [0.15, 0.2) is 6.10 Å². The zero-order valence-electron chi connectivity index (χ0n) is 12.0. The fraction of sp³-hybridized carbons (Fsp3) is 0.188. The molecule has 2 aromatic carbocycles. The number of carbonyl (C=O) groups is 1. The van der Waals surface area contributed by atoms with Crippen LogP contribution in [-0.2, 0) is 11.0 Å². The number of ether oxygens (including phenoxy) is 1. The average Bonchev–Trinajstić information content (AvgIpc) is 2.49. The standard InChI is InChI=1S/C16H13ClF3NO2/c1-10(23-14-8-3-2-7-13(14)17)15(22)21-12-6-4-5-11(9-12)16(18,19)20/h2-10H,1H3,(H,21,22)/t10-/m0/s1. The van der Waals surface area contributed by atoms with Crippen LogP contribution in [0.3, 0.4) is 0 Å². The highest BCUT2D eigenvalue weighted by atomic mass is 35.5. The molecule has 0 aliphatic heterocycles. The minimum absolute atomic E-state index is 0.0411. The summed E-state index contributed by atoms with van der Waals surface area (Å²) in [4.78, 5) is 12.0. The molecule has 122 valence electrons. The molecule has 23 heavy (non-hydrogen) atoms. The first-order valence-electron chi connectivity index (χ1n) is 6.66. The van der Waals surface area contributed by atoms with Gasteiger partial charge in [-0.2, -0.15) is 13.2 Å². The summed E-state index contributed by atoms with van der Waals surface area (Å²) in [5.41, 5.74) is -0.797. The van der Waals surface area contributed by atoms with Crippen molar-refractivity contribution in [1.29, 1.82) is 0 Å². The van der Waals surface area contributed by atoms with Crippen molar-refractivity contribution in [3.8, 4) is 5.75 Å². The second-order valence-electron chi connectivity index (χ2n) is 4.76. The molecule has 0 aliphatic carbocycles. The van der Waals surface area contributed by atoms with Crippen LogP contribution in [0.1, 0.15) is 12.5 Å². The Morgan fingerprint density at radius 2 is 1.87 bits per heavy atom. The van der Waals surface area contributed by atoms with Gasteiger partial charge in [-0.05, 0) is 37.3 Å². The Morgan fingerprint density at radius 3 is 2.52 bits per heavy atom. The molecular formula is C16H13ClF3NO2. The Kier molecular flexibility index (Phi) is 5.15. The molecule has 0 spiro atoms. The molecule has 1 N–H and O–H groups in total. The highest BCUT2D eigenvalue weighted by Gasteiger charge is 2.30. The van der Waals surface area contributed by atoms with Crippen LogP contribution in [0, 0.1) is 0 Å². The Labute approximate surface area is 136 Å². The van der Waals surface area contributed by atoms with Crippen LogP contribution in [0.4, 0.5) is 18.9 Å². The molecule has 1 atom stereocenters. The SMILES string of the molecule is C[C@H](Oc1ccccc1Cl)C(=O)Nc1cccc(C(F)(F)F)c1. The number of benzene rings is 2. The summed E-state index contributed by atoms with van der Waals surface area (Å²) in [5, 5.41) is 2.73. The number of hydrogen-bond donors (Lipinski definition) is 1. The van der Waals surface area contributed by atoms with Crippen LogP contribution >= 0.6 is 11.6 Å². The van der Waals surface area contributed by atoms with Crippen molar-refractivity contribution in [1.82, 2.24) is 0 Å². The molecule has 0 fully saturated rings. The van der Waals surface area contributed by atoms with Crippen LogP contribution in [0.5, 0.6) is 5.75 Å². The van der Waals surface area contributed by atoms with Gasteiger partial charge in [-0.1, -0.05) is 29.8 Å². The van der Waals surface area contributed by atoms with E-state index in [1.807, 2.05) is 0 Å². The minimum atomic E-state index is -4.47. The van der Waals surface area contributed by atoms with Gasteiger partial charge in [0.25, 0.3) is 5.91 Å². The maximum atomic E-state index is 12.6. The summed E-state index contributed by atoms with van der Waals surface area (Å²) in [6.07, 6.45) is -5.40. The van der Waals surface area contributed by atoms with E-state index in [9.17, 15) is 18.0 Å². The van der Waals surface area contributed by atoms with Crippen LogP contribution in [0.25, 0.3) is 0 Å². The van der Waals surface area contributed by atoms with Gasteiger partial charge in [0.05, 0.1) is 10.6 Å². The van der Waals surface area contributed by atoms with E-state index in [4.69, 9.17) is 16.3 Å². The average molecular weight is 344 g/mol. The molecule has 0 saturated carbocycles. The molecule has 0 aromatic heterocycles. The first-order chi connectivity index (χ1) is 10.8. The zero-order chi connectivity index (χ0) is 17.0. The van der Waals surface area contributed by atoms with E-state index in [0.717, 1.165) is 12.1 Å². The maximum absolute atomic E-state index is 12.6. The molecule has 0 radical (unpaired) electrons. The van der Waals surface area contributed by atoms with Crippen LogP contribution in [0.15, 0.2) is 48.5 Å². The molecular weight excluding hydrogens is 331 g/mol. The number of rotatable bonds is 4. The van der Waals surface area contributed by atoms with Gasteiger partial charge >= 0.3 is 6.18 Å². The highest BCUT2D eigenvalue weighted by molar-refractivity contribution is 6.32. The number of halogens is 4. The monoisotopic (exact) mass is 343 g/mol. The van der Waals surface area contributed by atoms with Gasteiger partial charge < -0.3 is 10.1 Å². The molecule has 7 heteroatoms. The first-order valence-corrected chi connectivity index (χ1v) is 7.04. The van der Waals surface area contributed by atoms with E-state index in [0.29, 0.717) is 10.8 Å². The number of hydrogen-bond acceptors (Lipinski definition) is 2. The number of amides is 1. The van der Waals surface area contributed by atoms with Crippen molar-refractivity contribution in [2.45, 2.75) is 19.2 Å². The fourth-order valence-corrected chi connectivity index (χ4v) is 1.98. The Balaban J connectivity index is 2.06. The number of para-hydroxylation sites is 1. The van der Waals surface area contributed by atoms with Gasteiger partial charge in [-0.3, -0.25) is 4.79 Å². The smallest absolute Gasteiger partial charge is 0.416 e. The van der Waals surface area contributed by atoms with Crippen LogP contribution in [-0.4, -0.2) is 12.0 Å². The van der Waals surface area contributed by atoms with Crippen LogP contribution in [0.2, 0.25) is 5.02 Å². The lowest BCUT2D eigenvalue weighted by Crippen LogP contribution is -2.30. The number of carbonyl (C=O) groups excluding carboxylic acids is 1. The van der Waals surface area contributed by atoms with E-state index in [2.05, 4.69) is 5.32 Å². The van der Waals surface area contributed by atoms with Crippen molar-refractivity contribution in [3.05, 3.63) is 59.1 Å². The number of anilines is 1. The molecule has 2 aromatic rings. The van der Waals surface area contributed by atoms with Crippen LogP contribution < -0.4 is 10.1 Å². The fourth-order valence-electron chi connectivity index (χ4n) is 1.80. The molecule has 0 aliphatic rings. The third-order valence-corrected chi connectivity index (χ3v) is 3.28. The summed E-state index contributed by atoms with van der Waals surface area (Å²) >= 11 is 5.92. The second-order valence-corrected chi connectivity index (χ2v) is 5.17. The van der Waals surface area contributed by atoms with Crippen molar-refractivity contribution >= 4 is 23.2 Å². The molecule has 1 amide bonds. The van der Waals surface area contributed by atoms with E-state index < -0.39 is 23.8 Å². The first kappa shape index (κ1) is 17.1. The number of nitrogens with one attached hydrogen (secondary N) is 1. The summed E-state index contributed by atoms with van der Waals surface area (Å²) in [7, 11) is 0. The zero-order valence-corrected chi connectivity index (χ0v) is 12.8. The summed E-state index contributed by atoms with van der Waals surface area (Å²) in [5.74, 6) is -0.259. The Hall–Kier alpha value is -2.21. The Bertz CT molecular complexity index is 704. The second kappa shape index (κ2) is 6.91. The Morgan fingerprint density at radius 1 is 1.17 bits per heavy atom. The molecule has 0 heterocycles. The quantitative estimate of drug-likeness (QED) is 0.868. The maximum Gasteiger partial charge on any atom is 0.416 e. The molecule has 0 saturated heterocycles. The largest absolute Gasteiger partial charge is 0.479 e. The van der Waals surface area contributed by atoms with Crippen molar-refractivity contribution < 1.29 is 22.7 Å². The molecule has 3 nitrogen and oxygen atoms in total. The predicted octanol–water partition coefficient (Wildman–Crippen LogP) is 4.76. The minimum Gasteiger partial charge on any atom is -0.479 e. The van der Waals surface area contributed by atoms with E-state index in [-0.39, 0.29) is 5.69 Å². The lowest BCUT2D eigenvalue weighted by molar-refractivity contribution is -0.137. The summed E-state index contributed by atoms with van der Waals surface area (Å²) in [6.45, 7) is 1.48. The lowest BCUT2D eigenvalue weighted by Gasteiger charge is -2.16. The normalized spacial score (nSPS) is 12.6. The van der Waals surface area contributed by atoms with Crippen molar-refractivity contribution in [3.63, 3.8) is 0 Å². The summed E-state index contributed by atoms with van der Waals surface area (Å²) in [6, 6.07) is 11.0. The van der Waals surface area contributed by atoms with Gasteiger partial charge in [0.1, 0.15) is 5.75 Å².